The summed E-state index contributed by atoms with van der Waals surface area (Å²) in [6.07, 6.45) is 0. The third kappa shape index (κ3) is 2.60. The third-order valence-corrected chi connectivity index (χ3v) is 2.99. The summed E-state index contributed by atoms with van der Waals surface area (Å²) in [5.74, 6) is -0.475. The molecule has 0 saturated carbocycles. The van der Waals surface area contributed by atoms with Gasteiger partial charge in [-0.25, -0.2) is 0 Å². The van der Waals surface area contributed by atoms with Crippen molar-refractivity contribution in [3.8, 4) is 11.1 Å². The van der Waals surface area contributed by atoms with Crippen LogP contribution in [0.4, 0.5) is 0 Å². The van der Waals surface area contributed by atoms with Gasteiger partial charge in [-0.15, -0.1) is 0 Å². The van der Waals surface area contributed by atoms with Crippen LogP contribution in [0.25, 0.3) is 11.1 Å². The molecule has 0 bridgehead atoms. The zero-order valence-corrected chi connectivity index (χ0v) is 10.3. The van der Waals surface area contributed by atoms with Crippen LogP contribution in [0.5, 0.6) is 0 Å². The number of nitrogens with two attached hydrogens (primary N) is 1. The smallest absolute Gasteiger partial charge is 0.248 e. The van der Waals surface area contributed by atoms with Crippen molar-refractivity contribution in [1.82, 2.24) is 0 Å². The van der Waals surface area contributed by atoms with E-state index < -0.39 is 5.91 Å². The van der Waals surface area contributed by atoms with Gasteiger partial charge in [0.25, 0.3) is 0 Å². The first-order valence-electron chi connectivity index (χ1n) is 4.93. The second kappa shape index (κ2) is 4.78. The Morgan fingerprint density at radius 2 is 1.65 bits per heavy atom. The summed E-state index contributed by atoms with van der Waals surface area (Å²) >= 11 is 11.9. The van der Waals surface area contributed by atoms with E-state index in [-0.39, 0.29) is 0 Å². The van der Waals surface area contributed by atoms with Crippen LogP contribution >= 0.6 is 23.2 Å². The van der Waals surface area contributed by atoms with Gasteiger partial charge in [0, 0.05) is 21.2 Å². The fourth-order valence-electron chi connectivity index (χ4n) is 1.53. The molecule has 4 heteroatoms. The third-order valence-electron chi connectivity index (χ3n) is 2.41. The highest BCUT2D eigenvalue weighted by molar-refractivity contribution is 6.33. The van der Waals surface area contributed by atoms with Crippen LogP contribution < -0.4 is 5.73 Å². The number of halogens is 2. The lowest BCUT2D eigenvalue weighted by Crippen LogP contribution is -2.10. The minimum atomic E-state index is -0.475. The van der Waals surface area contributed by atoms with Gasteiger partial charge in [-0.3, -0.25) is 4.79 Å². The summed E-state index contributed by atoms with van der Waals surface area (Å²) < 4.78 is 0. The Morgan fingerprint density at radius 3 is 2.24 bits per heavy atom. The number of primary amides is 1. The summed E-state index contributed by atoms with van der Waals surface area (Å²) in [5, 5.41) is 1.22. The summed E-state index contributed by atoms with van der Waals surface area (Å²) in [6, 6.07) is 12.2. The van der Waals surface area contributed by atoms with E-state index >= 15 is 0 Å². The summed E-state index contributed by atoms with van der Waals surface area (Å²) in [6.45, 7) is 0. The van der Waals surface area contributed by atoms with Crippen molar-refractivity contribution in [1.29, 1.82) is 0 Å². The van der Waals surface area contributed by atoms with Crippen molar-refractivity contribution >= 4 is 29.1 Å². The van der Waals surface area contributed by atoms with Crippen LogP contribution in [0.3, 0.4) is 0 Å². The molecule has 0 unspecified atom stereocenters. The van der Waals surface area contributed by atoms with E-state index in [4.69, 9.17) is 28.9 Å². The highest BCUT2D eigenvalue weighted by Gasteiger charge is 2.07. The quantitative estimate of drug-likeness (QED) is 0.883. The van der Waals surface area contributed by atoms with Crippen LogP contribution in [0.2, 0.25) is 10.0 Å². The van der Waals surface area contributed by atoms with E-state index in [9.17, 15) is 4.79 Å². The van der Waals surface area contributed by atoms with E-state index in [1.165, 1.54) is 0 Å². The maximum absolute atomic E-state index is 11.1. The molecule has 0 radical (unpaired) electrons. The minimum Gasteiger partial charge on any atom is -0.366 e. The molecular formula is C13H9Cl2NO. The molecule has 0 aliphatic carbocycles. The van der Waals surface area contributed by atoms with E-state index in [1.54, 1.807) is 30.3 Å². The molecule has 2 N–H and O–H groups in total. The molecule has 1 amide bonds. The Balaban J connectivity index is 2.54. The molecule has 17 heavy (non-hydrogen) atoms. The topological polar surface area (TPSA) is 43.1 Å². The molecule has 0 saturated heterocycles. The Bertz CT molecular complexity index is 564. The van der Waals surface area contributed by atoms with Crippen LogP contribution in [0.1, 0.15) is 10.4 Å². The van der Waals surface area contributed by atoms with Crippen LogP contribution in [0, 0.1) is 0 Å². The van der Waals surface area contributed by atoms with Gasteiger partial charge in [0.2, 0.25) is 5.91 Å². The van der Waals surface area contributed by atoms with Gasteiger partial charge in [0.1, 0.15) is 0 Å². The standard InChI is InChI=1S/C13H9Cl2NO/c14-10-4-1-8(2-5-10)11-7-9(13(16)17)3-6-12(11)15/h1-7H,(H2,16,17). The number of carbonyl (C=O) groups excluding carboxylic acids is 1. The summed E-state index contributed by atoms with van der Waals surface area (Å²) in [7, 11) is 0. The molecular weight excluding hydrogens is 257 g/mol. The molecule has 0 heterocycles. The number of benzene rings is 2. The highest BCUT2D eigenvalue weighted by atomic mass is 35.5. The molecule has 0 atom stereocenters. The number of carbonyl (C=O) groups is 1. The molecule has 2 aromatic rings. The van der Waals surface area contributed by atoms with Crippen molar-refractivity contribution in [3.63, 3.8) is 0 Å². The van der Waals surface area contributed by atoms with Crippen LogP contribution in [0.15, 0.2) is 42.5 Å². The van der Waals surface area contributed by atoms with Crippen molar-refractivity contribution in [2.45, 2.75) is 0 Å². The van der Waals surface area contributed by atoms with Gasteiger partial charge >= 0.3 is 0 Å². The molecule has 0 aliphatic rings. The summed E-state index contributed by atoms with van der Waals surface area (Å²) in [4.78, 5) is 11.1. The molecule has 2 aromatic carbocycles. The lowest BCUT2D eigenvalue weighted by atomic mass is 10.0. The predicted molar refractivity (Wildman–Crippen MR) is 70.4 cm³/mol. The van der Waals surface area contributed by atoms with Gasteiger partial charge < -0.3 is 5.73 Å². The molecule has 0 aliphatic heterocycles. The van der Waals surface area contributed by atoms with Crippen LogP contribution in [-0.4, -0.2) is 5.91 Å². The largest absolute Gasteiger partial charge is 0.366 e. The number of amides is 1. The van der Waals surface area contributed by atoms with Crippen molar-refractivity contribution < 1.29 is 4.79 Å². The van der Waals surface area contributed by atoms with Crippen molar-refractivity contribution in [3.05, 3.63) is 58.1 Å². The van der Waals surface area contributed by atoms with E-state index in [1.807, 2.05) is 12.1 Å². The molecule has 0 spiro atoms. The summed E-state index contributed by atoms with van der Waals surface area (Å²) in [5.41, 5.74) is 7.32. The fraction of sp³-hybridized carbons (Fsp3) is 0. The molecule has 0 aromatic heterocycles. The van der Waals surface area contributed by atoms with Gasteiger partial charge in [-0.05, 0) is 35.9 Å². The number of hydrogen-bond donors (Lipinski definition) is 1. The maximum Gasteiger partial charge on any atom is 0.248 e. The lowest BCUT2D eigenvalue weighted by molar-refractivity contribution is 0.100. The van der Waals surface area contributed by atoms with Crippen LogP contribution in [-0.2, 0) is 0 Å². The van der Waals surface area contributed by atoms with Crippen molar-refractivity contribution in [2.75, 3.05) is 0 Å². The van der Waals surface area contributed by atoms with Gasteiger partial charge in [0.05, 0.1) is 0 Å². The minimum absolute atomic E-state index is 0.430. The monoisotopic (exact) mass is 265 g/mol. The maximum atomic E-state index is 11.1. The zero-order chi connectivity index (χ0) is 12.4. The molecule has 86 valence electrons. The molecule has 2 nitrogen and oxygen atoms in total. The Hall–Kier alpha value is -1.51. The Labute approximate surface area is 109 Å². The Kier molecular flexibility index (Phi) is 3.36. The average Bonchev–Trinajstić information content (AvgIpc) is 2.31. The SMILES string of the molecule is NC(=O)c1ccc(Cl)c(-c2ccc(Cl)cc2)c1. The van der Waals surface area contributed by atoms with Gasteiger partial charge in [-0.1, -0.05) is 35.3 Å². The highest BCUT2D eigenvalue weighted by Crippen LogP contribution is 2.29. The first kappa shape index (κ1) is 12.0. The number of hydrogen-bond acceptors (Lipinski definition) is 1. The van der Waals surface area contributed by atoms with Gasteiger partial charge in [0.15, 0.2) is 0 Å². The number of rotatable bonds is 2. The lowest BCUT2D eigenvalue weighted by Gasteiger charge is -2.06. The predicted octanol–water partition coefficient (Wildman–Crippen LogP) is 3.76. The Morgan fingerprint density at radius 1 is 1.00 bits per heavy atom. The second-order valence-electron chi connectivity index (χ2n) is 3.57. The van der Waals surface area contributed by atoms with Crippen molar-refractivity contribution in [2.24, 2.45) is 5.73 Å². The van der Waals surface area contributed by atoms with Gasteiger partial charge in [-0.2, -0.15) is 0 Å². The fourth-order valence-corrected chi connectivity index (χ4v) is 1.88. The first-order valence-corrected chi connectivity index (χ1v) is 5.69. The van der Waals surface area contributed by atoms with E-state index in [2.05, 4.69) is 0 Å². The molecule has 0 fully saturated rings. The zero-order valence-electron chi connectivity index (χ0n) is 8.78. The molecule has 2 rings (SSSR count). The first-order chi connectivity index (χ1) is 8.08. The second-order valence-corrected chi connectivity index (χ2v) is 4.41. The average molecular weight is 266 g/mol. The normalized spacial score (nSPS) is 10.2. The van der Waals surface area contributed by atoms with E-state index in [0.29, 0.717) is 15.6 Å². The van der Waals surface area contributed by atoms with E-state index in [0.717, 1.165) is 11.1 Å².